The van der Waals surface area contributed by atoms with Crippen LogP contribution in [0.3, 0.4) is 0 Å². The minimum absolute atomic E-state index is 0.0881. The van der Waals surface area contributed by atoms with Gasteiger partial charge in [-0.15, -0.1) is 11.3 Å². The monoisotopic (exact) mass is 395 g/mol. The highest BCUT2D eigenvalue weighted by Crippen LogP contribution is 2.21. The number of carbonyl (C=O) groups excluding carboxylic acids is 2. The van der Waals surface area contributed by atoms with Crippen molar-refractivity contribution in [1.82, 2.24) is 14.8 Å². The molecule has 0 atom stereocenters. The van der Waals surface area contributed by atoms with E-state index < -0.39 is 0 Å². The van der Waals surface area contributed by atoms with E-state index in [-0.39, 0.29) is 11.8 Å². The van der Waals surface area contributed by atoms with E-state index in [1.54, 1.807) is 35.3 Å². The second kappa shape index (κ2) is 6.63. The van der Waals surface area contributed by atoms with E-state index in [9.17, 15) is 9.59 Å². The summed E-state index contributed by atoms with van der Waals surface area (Å²) in [5, 5.41) is 14.3. The largest absolute Gasteiger partial charge is 0.306 e. The van der Waals surface area contributed by atoms with Gasteiger partial charge in [0.1, 0.15) is 11.5 Å². The number of hydrogen-bond acceptors (Lipinski definition) is 5. The van der Waals surface area contributed by atoms with Crippen LogP contribution in [0.25, 0.3) is 0 Å². The Balaban J connectivity index is 1.71. The summed E-state index contributed by atoms with van der Waals surface area (Å²) in [7, 11) is 1.55. The maximum Gasteiger partial charge on any atom is 0.273 e. The van der Waals surface area contributed by atoms with E-state index in [1.165, 1.54) is 5.01 Å². The molecule has 3 heterocycles. The molecule has 0 unspecified atom stereocenters. The molecular weight excluding hydrogens is 382 g/mol. The summed E-state index contributed by atoms with van der Waals surface area (Å²) in [4.78, 5) is 24.8. The fraction of sp³-hybridized carbons (Fsp3) is 0.286. The fourth-order valence-electron chi connectivity index (χ4n) is 2.17. The second-order valence-corrected chi connectivity index (χ2v) is 6.93. The molecule has 7 nitrogen and oxygen atoms in total. The summed E-state index contributed by atoms with van der Waals surface area (Å²) >= 11 is 5.04. The van der Waals surface area contributed by atoms with Gasteiger partial charge in [-0.3, -0.25) is 9.59 Å². The number of amides is 2. The van der Waals surface area contributed by atoms with E-state index >= 15 is 0 Å². The second-order valence-electron chi connectivity index (χ2n) is 5.02. The quantitative estimate of drug-likeness (QED) is 0.862. The lowest BCUT2D eigenvalue weighted by Crippen LogP contribution is -2.34. The number of nitrogens with one attached hydrogen (secondary N) is 1. The van der Waals surface area contributed by atoms with Gasteiger partial charge in [-0.1, -0.05) is 0 Å². The number of carbonyl (C=O) groups is 2. The fourth-order valence-corrected chi connectivity index (χ4v) is 3.60. The van der Waals surface area contributed by atoms with Crippen LogP contribution in [-0.4, -0.2) is 39.4 Å². The molecule has 0 saturated heterocycles. The lowest BCUT2D eigenvalue weighted by atomic mass is 10.1. The first-order chi connectivity index (χ1) is 11.0. The van der Waals surface area contributed by atoms with Crippen LogP contribution in [0.5, 0.6) is 0 Å². The minimum Gasteiger partial charge on any atom is -0.306 e. The molecule has 120 valence electrons. The van der Waals surface area contributed by atoms with Gasteiger partial charge in [0.2, 0.25) is 5.91 Å². The summed E-state index contributed by atoms with van der Waals surface area (Å²) in [6.07, 6.45) is 2.28. The number of hydrogen-bond donors (Lipinski definition) is 1. The van der Waals surface area contributed by atoms with Crippen molar-refractivity contribution in [3.63, 3.8) is 0 Å². The van der Waals surface area contributed by atoms with Crippen LogP contribution in [0.1, 0.15) is 17.7 Å². The van der Waals surface area contributed by atoms with Gasteiger partial charge in [0.05, 0.1) is 12.7 Å². The van der Waals surface area contributed by atoms with Crippen molar-refractivity contribution in [3.8, 4) is 0 Å². The Morgan fingerprint density at radius 2 is 2.30 bits per heavy atom. The first-order valence-electron chi connectivity index (χ1n) is 6.93. The molecule has 9 heteroatoms. The number of hydrazone groups is 1. The van der Waals surface area contributed by atoms with E-state index in [2.05, 4.69) is 31.4 Å². The Hall–Kier alpha value is -2.00. The highest BCUT2D eigenvalue weighted by molar-refractivity contribution is 9.10. The van der Waals surface area contributed by atoms with Crippen LogP contribution in [0.4, 0.5) is 5.82 Å². The Kier molecular flexibility index (Phi) is 4.58. The SMILES string of the molecule is CN1N=C(C(=O)Nc2ccnn2Cc2cc(Br)cs2)CCC1=O. The van der Waals surface area contributed by atoms with Crippen LogP contribution in [0, 0.1) is 0 Å². The van der Waals surface area contributed by atoms with Gasteiger partial charge in [0.25, 0.3) is 5.91 Å². The van der Waals surface area contributed by atoms with Crippen molar-refractivity contribution in [2.24, 2.45) is 5.10 Å². The van der Waals surface area contributed by atoms with E-state index in [1.807, 2.05) is 11.4 Å². The van der Waals surface area contributed by atoms with Gasteiger partial charge in [-0.25, -0.2) is 9.69 Å². The molecule has 1 aliphatic heterocycles. The Morgan fingerprint density at radius 3 is 3.00 bits per heavy atom. The van der Waals surface area contributed by atoms with Crippen molar-refractivity contribution in [3.05, 3.63) is 33.1 Å². The number of nitrogens with zero attached hydrogens (tertiary/aromatic N) is 4. The van der Waals surface area contributed by atoms with Crippen LogP contribution in [0.2, 0.25) is 0 Å². The van der Waals surface area contributed by atoms with Gasteiger partial charge in [0, 0.05) is 40.7 Å². The number of thiophene rings is 1. The van der Waals surface area contributed by atoms with Crippen LogP contribution >= 0.6 is 27.3 Å². The molecule has 2 aromatic rings. The normalized spacial score (nSPS) is 14.8. The lowest BCUT2D eigenvalue weighted by Gasteiger charge is -2.19. The molecule has 0 bridgehead atoms. The first-order valence-corrected chi connectivity index (χ1v) is 8.60. The molecule has 0 saturated carbocycles. The zero-order valence-corrected chi connectivity index (χ0v) is 14.7. The van der Waals surface area contributed by atoms with Gasteiger partial charge in [-0.2, -0.15) is 10.2 Å². The number of halogens is 1. The standard InChI is InChI=1S/C14H14BrN5O2S/c1-19-13(21)3-2-11(18-19)14(22)17-12-4-5-16-20(12)7-10-6-9(15)8-23-10/h4-6,8H,2-3,7H2,1H3,(H,17,22). The Labute approximate surface area is 145 Å². The predicted molar refractivity (Wildman–Crippen MR) is 91.4 cm³/mol. The van der Waals surface area contributed by atoms with Crippen LogP contribution in [0.15, 0.2) is 33.3 Å². The average molecular weight is 396 g/mol. The molecule has 3 rings (SSSR count). The molecule has 0 fully saturated rings. The van der Waals surface area contributed by atoms with Crippen molar-refractivity contribution in [2.45, 2.75) is 19.4 Å². The zero-order chi connectivity index (χ0) is 16.4. The molecule has 0 radical (unpaired) electrons. The number of anilines is 1. The average Bonchev–Trinajstić information content (AvgIpc) is 3.12. The lowest BCUT2D eigenvalue weighted by molar-refractivity contribution is -0.130. The van der Waals surface area contributed by atoms with Crippen molar-refractivity contribution in [2.75, 3.05) is 12.4 Å². The summed E-state index contributed by atoms with van der Waals surface area (Å²) in [5.41, 5.74) is 0.346. The summed E-state index contributed by atoms with van der Waals surface area (Å²) in [5.74, 6) is 0.204. The van der Waals surface area contributed by atoms with Gasteiger partial charge >= 0.3 is 0 Å². The minimum atomic E-state index is -0.307. The van der Waals surface area contributed by atoms with Crippen molar-refractivity contribution >= 4 is 50.6 Å². The zero-order valence-electron chi connectivity index (χ0n) is 12.3. The molecule has 0 aromatic carbocycles. The molecule has 0 spiro atoms. The summed E-state index contributed by atoms with van der Waals surface area (Å²) < 4.78 is 2.74. The van der Waals surface area contributed by atoms with E-state index in [0.29, 0.717) is 30.9 Å². The van der Waals surface area contributed by atoms with E-state index in [0.717, 1.165) is 9.35 Å². The first kappa shape index (κ1) is 15.9. The van der Waals surface area contributed by atoms with Crippen molar-refractivity contribution in [1.29, 1.82) is 0 Å². The molecule has 1 N–H and O–H groups in total. The molecule has 2 amide bonds. The third-order valence-corrected chi connectivity index (χ3v) is 5.04. The highest BCUT2D eigenvalue weighted by atomic mass is 79.9. The molecule has 2 aromatic heterocycles. The topological polar surface area (TPSA) is 79.6 Å². The summed E-state index contributed by atoms with van der Waals surface area (Å²) in [6.45, 7) is 0.573. The molecule has 23 heavy (non-hydrogen) atoms. The molecule has 0 aliphatic carbocycles. The van der Waals surface area contributed by atoms with Crippen LogP contribution < -0.4 is 5.32 Å². The van der Waals surface area contributed by atoms with Crippen molar-refractivity contribution < 1.29 is 9.59 Å². The Bertz CT molecular complexity index is 782. The molecule has 1 aliphatic rings. The third-order valence-electron chi connectivity index (χ3n) is 3.35. The predicted octanol–water partition coefficient (Wildman–Crippen LogP) is 2.30. The molecular formula is C14H14BrN5O2S. The highest BCUT2D eigenvalue weighted by Gasteiger charge is 2.22. The number of rotatable bonds is 4. The maximum atomic E-state index is 12.3. The smallest absolute Gasteiger partial charge is 0.273 e. The third kappa shape index (κ3) is 3.67. The Morgan fingerprint density at radius 1 is 1.48 bits per heavy atom. The number of aromatic nitrogens is 2. The van der Waals surface area contributed by atoms with Gasteiger partial charge < -0.3 is 5.32 Å². The van der Waals surface area contributed by atoms with Crippen LogP contribution in [-0.2, 0) is 16.1 Å². The van der Waals surface area contributed by atoms with Gasteiger partial charge in [-0.05, 0) is 22.0 Å². The summed E-state index contributed by atoms with van der Waals surface area (Å²) in [6, 6.07) is 3.75. The van der Waals surface area contributed by atoms with Gasteiger partial charge in [0.15, 0.2) is 0 Å². The maximum absolute atomic E-state index is 12.3. The van der Waals surface area contributed by atoms with E-state index in [4.69, 9.17) is 0 Å².